The molecule has 1 atom stereocenters. The van der Waals surface area contributed by atoms with E-state index in [9.17, 15) is 4.79 Å². The van der Waals surface area contributed by atoms with Crippen molar-refractivity contribution in [3.8, 4) is 0 Å². The van der Waals surface area contributed by atoms with Gasteiger partial charge in [0.2, 0.25) is 0 Å². The first-order valence-corrected chi connectivity index (χ1v) is 5.23. The maximum Gasteiger partial charge on any atom is 0.327 e. The van der Waals surface area contributed by atoms with Crippen molar-refractivity contribution in [2.24, 2.45) is 5.73 Å². The SMILES string of the molecule is CCCCOC(=O)[C@@H](N)c1ccccc1. The van der Waals surface area contributed by atoms with Crippen LogP contribution in [0.25, 0.3) is 0 Å². The first-order chi connectivity index (χ1) is 7.25. The van der Waals surface area contributed by atoms with Crippen LogP contribution in [0, 0.1) is 0 Å². The van der Waals surface area contributed by atoms with Crippen LogP contribution in [0.2, 0.25) is 0 Å². The molecule has 0 radical (unpaired) electrons. The molecular formula is C12H17NO2. The third kappa shape index (κ3) is 3.72. The zero-order valence-electron chi connectivity index (χ0n) is 8.98. The Morgan fingerprint density at radius 2 is 2.07 bits per heavy atom. The summed E-state index contributed by atoms with van der Waals surface area (Å²) in [4.78, 5) is 11.5. The van der Waals surface area contributed by atoms with E-state index >= 15 is 0 Å². The Hall–Kier alpha value is -1.35. The average molecular weight is 207 g/mol. The van der Waals surface area contributed by atoms with Gasteiger partial charge in [-0.15, -0.1) is 0 Å². The molecule has 0 spiro atoms. The fourth-order valence-electron chi connectivity index (χ4n) is 1.20. The quantitative estimate of drug-likeness (QED) is 0.593. The van der Waals surface area contributed by atoms with Gasteiger partial charge in [0.25, 0.3) is 0 Å². The molecule has 0 fully saturated rings. The molecule has 0 aliphatic carbocycles. The van der Waals surface area contributed by atoms with E-state index in [1.165, 1.54) is 0 Å². The minimum absolute atomic E-state index is 0.352. The van der Waals surface area contributed by atoms with Gasteiger partial charge in [0, 0.05) is 0 Å². The molecule has 0 aliphatic heterocycles. The van der Waals surface area contributed by atoms with E-state index in [1.54, 1.807) is 0 Å². The summed E-state index contributed by atoms with van der Waals surface area (Å²) >= 11 is 0. The number of benzene rings is 1. The minimum Gasteiger partial charge on any atom is -0.464 e. The molecule has 0 aliphatic rings. The lowest BCUT2D eigenvalue weighted by atomic mass is 10.1. The summed E-state index contributed by atoms with van der Waals surface area (Å²) in [5.41, 5.74) is 6.54. The molecule has 1 aromatic rings. The van der Waals surface area contributed by atoms with Crippen LogP contribution in [0.15, 0.2) is 30.3 Å². The molecule has 2 N–H and O–H groups in total. The van der Waals surface area contributed by atoms with Crippen molar-refractivity contribution in [1.82, 2.24) is 0 Å². The normalized spacial score (nSPS) is 12.1. The number of hydrogen-bond acceptors (Lipinski definition) is 3. The number of unbranched alkanes of at least 4 members (excludes halogenated alkanes) is 1. The molecule has 3 nitrogen and oxygen atoms in total. The molecule has 0 unspecified atom stereocenters. The van der Waals surface area contributed by atoms with Gasteiger partial charge in [0.05, 0.1) is 6.61 Å². The zero-order valence-corrected chi connectivity index (χ0v) is 8.98. The molecule has 0 heterocycles. The van der Waals surface area contributed by atoms with Crippen LogP contribution in [0.1, 0.15) is 31.4 Å². The highest BCUT2D eigenvalue weighted by Crippen LogP contribution is 2.11. The van der Waals surface area contributed by atoms with Crippen molar-refractivity contribution in [3.63, 3.8) is 0 Å². The molecule has 0 saturated carbocycles. The van der Waals surface area contributed by atoms with Crippen LogP contribution < -0.4 is 5.73 Å². The minimum atomic E-state index is -0.664. The van der Waals surface area contributed by atoms with Crippen LogP contribution in [0.3, 0.4) is 0 Å². The Kier molecular flexibility index (Phi) is 4.84. The predicted octanol–water partition coefficient (Wildman–Crippen LogP) is 2.03. The Balaban J connectivity index is 2.46. The number of carbonyl (C=O) groups excluding carboxylic acids is 1. The molecule has 0 amide bonds. The second-order valence-electron chi connectivity index (χ2n) is 3.41. The standard InChI is InChI=1S/C12H17NO2/c1-2-3-9-15-12(14)11(13)10-7-5-4-6-8-10/h4-8,11H,2-3,9,13H2,1H3/t11-/m0/s1. The van der Waals surface area contributed by atoms with Gasteiger partial charge in [-0.1, -0.05) is 43.7 Å². The Bertz CT molecular complexity index is 298. The molecular weight excluding hydrogens is 190 g/mol. The summed E-state index contributed by atoms with van der Waals surface area (Å²) in [5.74, 6) is -0.352. The fourth-order valence-corrected chi connectivity index (χ4v) is 1.20. The molecule has 0 saturated heterocycles. The predicted molar refractivity (Wildman–Crippen MR) is 59.2 cm³/mol. The Morgan fingerprint density at radius 1 is 1.40 bits per heavy atom. The number of rotatable bonds is 5. The van der Waals surface area contributed by atoms with E-state index in [0.29, 0.717) is 6.61 Å². The van der Waals surface area contributed by atoms with Gasteiger partial charge >= 0.3 is 5.97 Å². The second kappa shape index (κ2) is 6.19. The summed E-state index contributed by atoms with van der Waals surface area (Å²) in [6, 6.07) is 8.59. The smallest absolute Gasteiger partial charge is 0.327 e. The number of nitrogens with two attached hydrogens (primary N) is 1. The van der Waals surface area contributed by atoms with Crippen molar-refractivity contribution in [3.05, 3.63) is 35.9 Å². The molecule has 15 heavy (non-hydrogen) atoms. The molecule has 1 rings (SSSR count). The van der Waals surface area contributed by atoms with Crippen molar-refractivity contribution in [2.45, 2.75) is 25.8 Å². The van der Waals surface area contributed by atoms with Gasteiger partial charge in [-0.2, -0.15) is 0 Å². The molecule has 3 heteroatoms. The fraction of sp³-hybridized carbons (Fsp3) is 0.417. The van der Waals surface area contributed by atoms with Crippen molar-refractivity contribution >= 4 is 5.97 Å². The molecule has 0 bridgehead atoms. The highest BCUT2D eigenvalue weighted by molar-refractivity contribution is 5.77. The summed E-state index contributed by atoms with van der Waals surface area (Å²) in [6.07, 6.45) is 1.89. The molecule has 0 aromatic heterocycles. The van der Waals surface area contributed by atoms with Crippen LogP contribution in [0.4, 0.5) is 0 Å². The van der Waals surface area contributed by atoms with E-state index in [4.69, 9.17) is 10.5 Å². The van der Waals surface area contributed by atoms with Gasteiger partial charge in [0.1, 0.15) is 6.04 Å². The number of hydrogen-bond donors (Lipinski definition) is 1. The second-order valence-corrected chi connectivity index (χ2v) is 3.41. The van der Waals surface area contributed by atoms with Gasteiger partial charge in [-0.25, -0.2) is 4.79 Å². The van der Waals surface area contributed by atoms with Crippen LogP contribution in [0.5, 0.6) is 0 Å². The lowest BCUT2D eigenvalue weighted by Gasteiger charge is -2.11. The van der Waals surface area contributed by atoms with Gasteiger partial charge in [0.15, 0.2) is 0 Å². The first kappa shape index (κ1) is 11.7. The Morgan fingerprint density at radius 3 is 2.67 bits per heavy atom. The van der Waals surface area contributed by atoms with E-state index in [2.05, 4.69) is 0 Å². The summed E-state index contributed by atoms with van der Waals surface area (Å²) in [7, 11) is 0. The third-order valence-electron chi connectivity index (χ3n) is 2.15. The summed E-state index contributed by atoms with van der Waals surface area (Å²) in [5, 5.41) is 0. The van der Waals surface area contributed by atoms with E-state index in [-0.39, 0.29) is 5.97 Å². The van der Waals surface area contributed by atoms with Crippen molar-refractivity contribution < 1.29 is 9.53 Å². The van der Waals surface area contributed by atoms with Crippen LogP contribution >= 0.6 is 0 Å². The van der Waals surface area contributed by atoms with Gasteiger partial charge < -0.3 is 10.5 Å². The molecule has 82 valence electrons. The van der Waals surface area contributed by atoms with E-state index in [0.717, 1.165) is 18.4 Å². The third-order valence-corrected chi connectivity index (χ3v) is 2.15. The highest BCUT2D eigenvalue weighted by Gasteiger charge is 2.16. The number of esters is 1. The topological polar surface area (TPSA) is 52.3 Å². The maximum absolute atomic E-state index is 11.5. The van der Waals surface area contributed by atoms with Crippen molar-refractivity contribution in [1.29, 1.82) is 0 Å². The monoisotopic (exact) mass is 207 g/mol. The number of carbonyl (C=O) groups is 1. The lowest BCUT2D eigenvalue weighted by Crippen LogP contribution is -2.24. The van der Waals surface area contributed by atoms with Gasteiger partial charge in [-0.05, 0) is 12.0 Å². The average Bonchev–Trinajstić information content (AvgIpc) is 2.29. The summed E-state index contributed by atoms with van der Waals surface area (Å²) < 4.78 is 5.03. The lowest BCUT2D eigenvalue weighted by molar-refractivity contribution is -0.145. The summed E-state index contributed by atoms with van der Waals surface area (Å²) in [6.45, 7) is 2.50. The van der Waals surface area contributed by atoms with Gasteiger partial charge in [-0.3, -0.25) is 0 Å². The first-order valence-electron chi connectivity index (χ1n) is 5.23. The largest absolute Gasteiger partial charge is 0.464 e. The van der Waals surface area contributed by atoms with Crippen LogP contribution in [-0.4, -0.2) is 12.6 Å². The highest BCUT2D eigenvalue weighted by atomic mass is 16.5. The van der Waals surface area contributed by atoms with Crippen LogP contribution in [-0.2, 0) is 9.53 Å². The number of ether oxygens (including phenoxy) is 1. The zero-order chi connectivity index (χ0) is 11.1. The molecule has 1 aromatic carbocycles. The Labute approximate surface area is 90.2 Å². The van der Waals surface area contributed by atoms with E-state index < -0.39 is 6.04 Å². The van der Waals surface area contributed by atoms with Crippen molar-refractivity contribution in [2.75, 3.05) is 6.61 Å². The van der Waals surface area contributed by atoms with E-state index in [1.807, 2.05) is 37.3 Å². The maximum atomic E-state index is 11.5.